The predicted octanol–water partition coefficient (Wildman–Crippen LogP) is 0.347. The Kier molecular flexibility index (Phi) is 1.23. The van der Waals surface area contributed by atoms with Crippen molar-refractivity contribution in [3.63, 3.8) is 0 Å². The van der Waals surface area contributed by atoms with Crippen molar-refractivity contribution in [3.8, 4) is 5.75 Å². The van der Waals surface area contributed by atoms with Gasteiger partial charge >= 0.3 is 5.97 Å². The Hall–Kier alpha value is -1.55. The highest BCUT2D eigenvalue weighted by molar-refractivity contribution is 5.73. The van der Waals surface area contributed by atoms with Crippen molar-refractivity contribution in [2.45, 2.75) is 12.4 Å². The highest BCUT2D eigenvalue weighted by atomic mass is 16.4. The van der Waals surface area contributed by atoms with Crippen LogP contribution in [0, 0.1) is 0 Å². The maximum Gasteiger partial charge on any atom is 0.320 e. The fourth-order valence-corrected chi connectivity index (χ4v) is 0.645. The lowest BCUT2D eigenvalue weighted by Crippen LogP contribution is -2.32. The van der Waals surface area contributed by atoms with E-state index in [1.165, 1.54) is 0 Å². The topological polar surface area (TPSA) is 83.5 Å². The number of hydrogen-bond donors (Lipinski definition) is 3. The average molecular weight is 187 g/mol. The van der Waals surface area contributed by atoms with Gasteiger partial charge in [-0.3, -0.25) is 4.79 Å². The van der Waals surface area contributed by atoms with E-state index in [2.05, 4.69) is 5.11 Å². The van der Waals surface area contributed by atoms with Gasteiger partial charge in [-0.15, -0.1) is 0 Å². The number of phenols is 1. The van der Waals surface area contributed by atoms with Crippen LogP contribution in [0.4, 0.5) is 0 Å². The van der Waals surface area contributed by atoms with E-state index in [9.17, 15) is 4.79 Å². The number of aliphatic carboxylic acids is 1. The third-order valence-corrected chi connectivity index (χ3v) is 1.25. The number of carbonyl (C=O) groups is 1. The fraction of sp³-hybridized carbons (Fsp3) is 0.222. The summed E-state index contributed by atoms with van der Waals surface area (Å²) < 4.78 is 44.6. The molecule has 0 bridgehead atoms. The van der Waals surface area contributed by atoms with Crippen LogP contribution in [0.2, 0.25) is 0 Å². The van der Waals surface area contributed by atoms with Crippen molar-refractivity contribution >= 4 is 5.97 Å². The molecule has 0 amide bonds. The fourth-order valence-electron chi connectivity index (χ4n) is 0.645. The molecule has 4 N–H and O–H groups in total. The minimum Gasteiger partial charge on any atom is -0.508 e. The number of nitrogens with two attached hydrogens (primary N) is 1. The van der Waals surface area contributed by atoms with Gasteiger partial charge in [0.05, 0.1) is 5.48 Å². The Balaban J connectivity index is 3.49. The molecule has 2 atom stereocenters. The Morgan fingerprint density at radius 3 is 2.77 bits per heavy atom. The lowest BCUT2D eigenvalue weighted by molar-refractivity contribution is -0.138. The van der Waals surface area contributed by atoms with Gasteiger partial charge in [0.25, 0.3) is 1.43 Å². The summed E-state index contributed by atoms with van der Waals surface area (Å²) in [6.45, 7) is 0. The molecule has 1 aromatic rings. The van der Waals surface area contributed by atoms with Crippen LogP contribution < -0.4 is 5.73 Å². The van der Waals surface area contributed by atoms with Crippen LogP contribution in [0.1, 0.15) is 12.4 Å². The molecule has 13 heavy (non-hydrogen) atoms. The molecule has 70 valence electrons. The second-order valence-corrected chi connectivity index (χ2v) is 2.27. The zero-order valence-corrected chi connectivity index (χ0v) is 6.50. The third-order valence-electron chi connectivity index (χ3n) is 1.25. The van der Waals surface area contributed by atoms with Crippen LogP contribution in [0.5, 0.6) is 5.75 Å². The largest absolute Gasteiger partial charge is 0.508 e. The first-order valence-corrected chi connectivity index (χ1v) is 3.38. The van der Waals surface area contributed by atoms with E-state index < -0.39 is 53.9 Å². The van der Waals surface area contributed by atoms with Gasteiger partial charge in [0.1, 0.15) is 11.8 Å². The predicted molar refractivity (Wildman–Crippen MR) is 47.4 cm³/mol. The van der Waals surface area contributed by atoms with Gasteiger partial charge in [-0.05, 0) is 24.0 Å². The number of benzene rings is 1. The van der Waals surface area contributed by atoms with E-state index in [4.69, 9.17) is 19.1 Å². The highest BCUT2D eigenvalue weighted by Gasteiger charge is 2.11. The number of carboxylic acid groups (broad SMARTS) is 1. The second-order valence-electron chi connectivity index (χ2n) is 2.27. The molecule has 0 aliphatic rings. The van der Waals surface area contributed by atoms with Crippen molar-refractivity contribution in [3.05, 3.63) is 29.7 Å². The number of hydrogen-bond acceptors (Lipinski definition) is 3. The molecule has 0 radical (unpaired) electrons. The van der Waals surface area contributed by atoms with Crippen molar-refractivity contribution in [1.82, 2.24) is 0 Å². The van der Waals surface area contributed by atoms with Gasteiger partial charge in [-0.2, -0.15) is 0 Å². The molecule has 1 aromatic carbocycles. The minimum atomic E-state index is -1.69. The minimum absolute atomic E-state index is 0.439. The first-order chi connectivity index (χ1) is 8.73. The first-order valence-electron chi connectivity index (χ1n) is 6.36. The van der Waals surface area contributed by atoms with E-state index in [1.54, 1.807) is 0 Å². The number of phenolic OH excluding ortho intramolecular Hbond substituents is 1. The van der Waals surface area contributed by atoms with Gasteiger partial charge in [-0.25, -0.2) is 0 Å². The summed E-state index contributed by atoms with van der Waals surface area (Å²) in [7, 11) is 0. The van der Waals surface area contributed by atoms with Crippen molar-refractivity contribution in [2.24, 2.45) is 5.73 Å². The zero-order valence-electron chi connectivity index (χ0n) is 12.5. The van der Waals surface area contributed by atoms with Crippen molar-refractivity contribution in [2.75, 3.05) is 0 Å². The maximum atomic E-state index is 10.7. The Morgan fingerprint density at radius 2 is 2.31 bits per heavy atom. The Labute approximate surface area is 84.1 Å². The second kappa shape index (κ2) is 3.91. The summed E-state index contributed by atoms with van der Waals surface area (Å²) in [5, 5.41) is 12.7. The maximum absolute atomic E-state index is 10.7. The van der Waals surface area contributed by atoms with Crippen LogP contribution in [-0.2, 0) is 11.2 Å². The summed E-state index contributed by atoms with van der Waals surface area (Å²) in [6, 6.07) is -4.27. The first kappa shape index (κ1) is 4.11. The average Bonchev–Trinajstić information content (AvgIpc) is 2.36. The standard InChI is InChI=1S/C9H11NO3/c10-8(9(12)13)5-6-1-3-7(11)4-2-6/h1-4,8,11H,5,10H2,(H,12,13)/t8-/m0/s1/i1D,2D,3D,4D,5D/hD/t5?,8-. The number of carboxylic acids is 1. The van der Waals surface area contributed by atoms with E-state index in [0.717, 1.165) is 0 Å². The molecular formula is C9H11NO3. The van der Waals surface area contributed by atoms with Crippen molar-refractivity contribution < 1.29 is 21.9 Å². The van der Waals surface area contributed by atoms with E-state index in [-0.39, 0.29) is 0 Å². The molecule has 4 nitrogen and oxygen atoms in total. The molecule has 1 unspecified atom stereocenters. The quantitative estimate of drug-likeness (QED) is 0.635. The zero-order chi connectivity index (χ0) is 14.9. The molecule has 0 aliphatic carbocycles. The molecule has 0 saturated carbocycles. The lowest BCUT2D eigenvalue weighted by Gasteiger charge is -2.05. The molecular weight excluding hydrogens is 170 g/mol. The summed E-state index contributed by atoms with van der Waals surface area (Å²) >= 11 is 0. The molecule has 0 saturated heterocycles. The van der Waals surface area contributed by atoms with Crippen LogP contribution in [-0.4, -0.2) is 23.7 Å². The lowest BCUT2D eigenvalue weighted by atomic mass is 10.1. The van der Waals surface area contributed by atoms with Crippen LogP contribution >= 0.6 is 0 Å². The van der Waals surface area contributed by atoms with Crippen molar-refractivity contribution in [1.29, 1.82) is 1.43 Å². The van der Waals surface area contributed by atoms with Gasteiger partial charge < -0.3 is 15.9 Å². The van der Waals surface area contributed by atoms with Gasteiger partial charge in [-0.1, -0.05) is 12.1 Å². The Bertz CT molecular complexity index is 494. The smallest absolute Gasteiger partial charge is 0.320 e. The molecule has 0 aromatic heterocycles. The summed E-state index contributed by atoms with van der Waals surface area (Å²) in [4.78, 5) is 10.7. The molecule has 0 heterocycles. The van der Waals surface area contributed by atoms with Crippen LogP contribution in [0.3, 0.4) is 0 Å². The summed E-state index contributed by atoms with van der Waals surface area (Å²) in [5.74, 6) is -2.08. The van der Waals surface area contributed by atoms with Crippen LogP contribution in [0.25, 0.3) is 0 Å². The SMILES string of the molecule is [2H]Oc1c([2H])c([2H])c(C([2H])[C@H](N)C(=O)O)c([2H])c1[2H]. The molecule has 1 rings (SSSR count). The summed E-state index contributed by atoms with van der Waals surface area (Å²) in [5.41, 5.74) is 4.82. The van der Waals surface area contributed by atoms with Gasteiger partial charge in [0.2, 0.25) is 0 Å². The normalized spacial score (nSPS) is 21.0. The monoisotopic (exact) mass is 187 g/mol. The van der Waals surface area contributed by atoms with Crippen LogP contribution in [0.15, 0.2) is 24.2 Å². The van der Waals surface area contributed by atoms with E-state index in [1.807, 2.05) is 0 Å². The van der Waals surface area contributed by atoms with E-state index >= 15 is 0 Å². The molecule has 4 heteroatoms. The molecule has 0 spiro atoms. The molecule has 0 fully saturated rings. The van der Waals surface area contributed by atoms with Gasteiger partial charge in [0, 0.05) is 1.37 Å². The number of aromatic hydroxyl groups is 1. The van der Waals surface area contributed by atoms with Gasteiger partial charge in [0.15, 0.2) is 0 Å². The summed E-state index contributed by atoms with van der Waals surface area (Å²) in [6.07, 6.45) is -1.66. The van der Waals surface area contributed by atoms with E-state index in [0.29, 0.717) is 0 Å². The Morgan fingerprint density at radius 1 is 1.69 bits per heavy atom. The molecule has 0 aliphatic heterocycles. The number of rotatable bonds is 4. The highest BCUT2D eigenvalue weighted by Crippen LogP contribution is 2.10. The third kappa shape index (κ3) is 2.76.